The fourth-order valence-corrected chi connectivity index (χ4v) is 13.8. The van der Waals surface area contributed by atoms with Crippen molar-refractivity contribution in [2.24, 2.45) is 0 Å². The van der Waals surface area contributed by atoms with E-state index in [2.05, 4.69) is 45.4 Å². The van der Waals surface area contributed by atoms with E-state index in [0.717, 1.165) is 5.16 Å². The van der Waals surface area contributed by atoms with Crippen LogP contribution in [0.4, 0.5) is 0 Å². The van der Waals surface area contributed by atoms with Crippen LogP contribution in [0.1, 0.15) is 0 Å². The molecule has 0 saturated heterocycles. The third-order valence-corrected chi connectivity index (χ3v) is 11.6. The summed E-state index contributed by atoms with van der Waals surface area (Å²) in [4.78, 5) is 0. The van der Waals surface area contributed by atoms with Crippen LogP contribution in [0.5, 0.6) is 0 Å². The van der Waals surface area contributed by atoms with Crippen molar-refractivity contribution in [3.05, 3.63) is 24.8 Å². The van der Waals surface area contributed by atoms with Crippen LogP contribution in [0, 0.1) is 6.58 Å². The predicted molar refractivity (Wildman–Crippen MR) is 68.5 cm³/mol. The molecule has 0 aromatic carbocycles. The van der Waals surface area contributed by atoms with Crippen LogP contribution >= 0.6 is 0 Å². The summed E-state index contributed by atoms with van der Waals surface area (Å²) in [6, 6.07) is 0. The van der Waals surface area contributed by atoms with E-state index in [-0.39, 0.29) is 18.9 Å². The second-order valence-corrected chi connectivity index (χ2v) is 17.1. The van der Waals surface area contributed by atoms with Crippen molar-refractivity contribution in [1.82, 2.24) is 0 Å². The molecule has 0 rings (SSSR count). The van der Waals surface area contributed by atoms with Crippen LogP contribution in [0.2, 0.25) is 44.4 Å². The van der Waals surface area contributed by atoms with Gasteiger partial charge in [-0.3, -0.25) is 6.58 Å². The molecule has 0 aromatic rings. The minimum atomic E-state index is -1.06. The summed E-state index contributed by atoms with van der Waals surface area (Å²) < 4.78 is 0. The summed E-state index contributed by atoms with van der Waals surface area (Å²) >= 11 is 0. The quantitative estimate of drug-likeness (QED) is 0.377. The zero-order chi connectivity index (χ0) is 10.7. The van der Waals surface area contributed by atoms with Crippen molar-refractivity contribution in [3.63, 3.8) is 0 Å². The summed E-state index contributed by atoms with van der Waals surface area (Å²) in [5.41, 5.74) is 0. The minimum absolute atomic E-state index is 0. The molecular formula is C11H23LiSi2. The van der Waals surface area contributed by atoms with Gasteiger partial charge < -0.3 is 0 Å². The first-order valence-electron chi connectivity index (χ1n) is 4.91. The van der Waals surface area contributed by atoms with Gasteiger partial charge in [-0.05, 0) is 5.16 Å². The molecule has 14 heavy (non-hydrogen) atoms. The number of hydrogen-bond acceptors (Lipinski definition) is 0. The van der Waals surface area contributed by atoms with Crippen molar-refractivity contribution in [2.45, 2.75) is 44.4 Å². The van der Waals surface area contributed by atoms with Crippen molar-refractivity contribution in [2.75, 3.05) is 0 Å². The minimum Gasteiger partial charge on any atom is -0.293 e. The van der Waals surface area contributed by atoms with Crippen molar-refractivity contribution >= 4 is 16.1 Å². The van der Waals surface area contributed by atoms with Crippen LogP contribution < -0.4 is 18.9 Å². The summed E-state index contributed by atoms with van der Waals surface area (Å²) in [6.07, 6.45) is 5.99. The summed E-state index contributed by atoms with van der Waals surface area (Å²) in [5.74, 6) is 0. The number of hydrogen-bond donors (Lipinski definition) is 0. The fraction of sp³-hybridized carbons (Fsp3) is 0.636. The van der Waals surface area contributed by atoms with Crippen molar-refractivity contribution in [1.29, 1.82) is 0 Å². The Hall–Kier alpha value is 0.511. The van der Waals surface area contributed by atoms with Gasteiger partial charge in [0.05, 0.1) is 0 Å². The predicted octanol–water partition coefficient (Wildman–Crippen LogP) is 1.12. The average Bonchev–Trinajstić information content (AvgIpc) is 1.81. The van der Waals surface area contributed by atoms with Gasteiger partial charge in [-0.1, -0.05) is 39.3 Å². The van der Waals surface area contributed by atoms with Gasteiger partial charge in [0.2, 0.25) is 0 Å². The van der Waals surface area contributed by atoms with Crippen LogP contribution in [-0.4, -0.2) is 16.1 Å². The van der Waals surface area contributed by atoms with E-state index in [0.29, 0.717) is 0 Å². The molecule has 0 unspecified atom stereocenters. The molecule has 0 nitrogen and oxygen atoms in total. The molecular weight excluding hydrogens is 195 g/mol. The molecule has 0 aliphatic rings. The Morgan fingerprint density at radius 3 is 1.50 bits per heavy atom. The first-order valence-corrected chi connectivity index (χ1v) is 12.1. The van der Waals surface area contributed by atoms with Gasteiger partial charge in [-0.2, -0.15) is 6.08 Å². The van der Waals surface area contributed by atoms with Gasteiger partial charge in [-0.15, -0.1) is 0 Å². The van der Waals surface area contributed by atoms with Gasteiger partial charge in [0.25, 0.3) is 0 Å². The van der Waals surface area contributed by atoms with E-state index < -0.39 is 16.1 Å². The van der Waals surface area contributed by atoms with Crippen LogP contribution in [0.15, 0.2) is 18.2 Å². The standard InChI is InChI=1S/C11H23Si2.Li/c1-8-9-10-11(12(2,3)4)13(5,6)7;/h1,8-11H,2-7H3;/q-1;+1. The largest absolute Gasteiger partial charge is 1.00 e. The first-order chi connectivity index (χ1) is 5.69. The Bertz CT molecular complexity index is 182. The monoisotopic (exact) mass is 218 g/mol. The summed E-state index contributed by atoms with van der Waals surface area (Å²) in [7, 11) is -2.12. The maximum absolute atomic E-state index is 5.38. The van der Waals surface area contributed by atoms with Gasteiger partial charge in [0, 0.05) is 16.1 Å². The van der Waals surface area contributed by atoms with Gasteiger partial charge in [0.1, 0.15) is 0 Å². The molecule has 0 aromatic heterocycles. The maximum atomic E-state index is 5.38. The molecule has 0 heterocycles. The first kappa shape index (κ1) is 16.9. The van der Waals surface area contributed by atoms with E-state index in [9.17, 15) is 0 Å². The SMILES string of the molecule is [CH-]=CC=CC([Si](C)(C)C)[Si](C)(C)C.[Li+]. The second-order valence-electron chi connectivity index (χ2n) is 5.79. The third kappa shape index (κ3) is 6.08. The van der Waals surface area contributed by atoms with E-state index >= 15 is 0 Å². The van der Waals surface area contributed by atoms with Gasteiger partial charge in [0.15, 0.2) is 0 Å². The Morgan fingerprint density at radius 1 is 0.929 bits per heavy atom. The molecule has 0 fully saturated rings. The van der Waals surface area contributed by atoms with Gasteiger partial charge >= 0.3 is 18.9 Å². The maximum Gasteiger partial charge on any atom is 1.00 e. The smallest absolute Gasteiger partial charge is 0.293 e. The molecule has 0 saturated carbocycles. The van der Waals surface area contributed by atoms with Crippen LogP contribution in [0.3, 0.4) is 0 Å². The molecule has 0 N–H and O–H groups in total. The molecule has 0 radical (unpaired) electrons. The van der Waals surface area contributed by atoms with Crippen molar-refractivity contribution in [3.8, 4) is 0 Å². The zero-order valence-electron chi connectivity index (χ0n) is 10.9. The molecule has 0 aliphatic heterocycles. The van der Waals surface area contributed by atoms with Crippen molar-refractivity contribution < 1.29 is 18.9 Å². The second kappa shape index (κ2) is 6.17. The Morgan fingerprint density at radius 2 is 1.29 bits per heavy atom. The zero-order valence-corrected chi connectivity index (χ0v) is 12.9. The van der Waals surface area contributed by atoms with E-state index in [1.807, 2.05) is 6.08 Å². The number of allylic oxidation sites excluding steroid dienone is 3. The summed E-state index contributed by atoms with van der Waals surface area (Å²) in [6.45, 7) is 20.0. The molecule has 0 spiro atoms. The van der Waals surface area contributed by atoms with E-state index in [1.54, 1.807) is 6.08 Å². The third-order valence-electron chi connectivity index (χ3n) is 2.28. The van der Waals surface area contributed by atoms with E-state index in [4.69, 9.17) is 6.58 Å². The molecule has 0 aliphatic carbocycles. The topological polar surface area (TPSA) is 0 Å². The molecule has 3 heteroatoms. The molecule has 0 atom stereocenters. The summed E-state index contributed by atoms with van der Waals surface area (Å²) in [5, 5.41) is 0.819. The Labute approximate surface area is 104 Å². The molecule has 76 valence electrons. The van der Waals surface area contributed by atoms with E-state index in [1.165, 1.54) is 0 Å². The Balaban J connectivity index is 0. The number of rotatable bonds is 4. The normalized spacial score (nSPS) is 13.1. The average molecular weight is 218 g/mol. The Kier molecular flexibility index (Phi) is 7.46. The molecule has 0 amide bonds. The molecule has 0 bridgehead atoms. The fourth-order valence-electron chi connectivity index (χ4n) is 2.05. The van der Waals surface area contributed by atoms with Crippen LogP contribution in [-0.2, 0) is 0 Å². The van der Waals surface area contributed by atoms with Crippen LogP contribution in [0.25, 0.3) is 0 Å². The van der Waals surface area contributed by atoms with Gasteiger partial charge in [-0.25, -0.2) is 12.2 Å².